The summed E-state index contributed by atoms with van der Waals surface area (Å²) in [5.41, 5.74) is 2.83. The predicted molar refractivity (Wildman–Crippen MR) is 94.8 cm³/mol. The maximum atomic E-state index is 12.0. The first kappa shape index (κ1) is 17.8. The lowest BCUT2D eigenvalue weighted by molar-refractivity contribution is 0.0954. The summed E-state index contributed by atoms with van der Waals surface area (Å²) in [4.78, 5) is 12.0. The molecule has 1 amide bonds. The van der Waals surface area contributed by atoms with Crippen molar-refractivity contribution in [2.45, 2.75) is 13.5 Å². The Kier molecular flexibility index (Phi) is 6.63. The van der Waals surface area contributed by atoms with Gasteiger partial charge in [0.25, 0.3) is 5.91 Å². The van der Waals surface area contributed by atoms with Crippen LogP contribution in [0.4, 0.5) is 0 Å². The first-order valence-electron chi connectivity index (χ1n) is 7.91. The van der Waals surface area contributed by atoms with E-state index in [4.69, 9.17) is 9.47 Å². The van der Waals surface area contributed by atoms with Gasteiger partial charge in [-0.15, -0.1) is 0 Å². The topological polar surface area (TPSA) is 59.6 Å². The van der Waals surface area contributed by atoms with Gasteiger partial charge in [-0.05, 0) is 25.1 Å². The molecule has 0 radical (unpaired) electrons. The summed E-state index contributed by atoms with van der Waals surface area (Å²) >= 11 is 0. The largest absolute Gasteiger partial charge is 0.493 e. The maximum Gasteiger partial charge on any atom is 0.251 e. The van der Waals surface area contributed by atoms with E-state index in [1.54, 1.807) is 14.2 Å². The zero-order valence-electron chi connectivity index (χ0n) is 14.4. The standard InChI is InChI=1S/C19H24N2O3/c1-14-7-9-15(10-8-14)19(22)21-12-11-20-13-16-5-4-6-17(23-2)18(16)24-3/h4-10,20H,11-13H2,1-3H3,(H,21,22). The highest BCUT2D eigenvalue weighted by atomic mass is 16.5. The molecule has 0 atom stereocenters. The summed E-state index contributed by atoms with van der Waals surface area (Å²) in [6.45, 7) is 3.86. The van der Waals surface area contributed by atoms with Crippen LogP contribution in [0, 0.1) is 6.92 Å². The molecule has 0 unspecified atom stereocenters. The number of hydrogen-bond donors (Lipinski definition) is 2. The molecule has 0 aromatic heterocycles. The summed E-state index contributed by atoms with van der Waals surface area (Å²) < 4.78 is 10.7. The molecule has 0 heterocycles. The summed E-state index contributed by atoms with van der Waals surface area (Å²) in [5.74, 6) is 1.39. The van der Waals surface area contributed by atoms with Crippen molar-refractivity contribution in [1.82, 2.24) is 10.6 Å². The number of carbonyl (C=O) groups excluding carboxylic acids is 1. The predicted octanol–water partition coefficient (Wildman–Crippen LogP) is 2.53. The second-order valence-corrected chi connectivity index (χ2v) is 5.45. The number of ether oxygens (including phenoxy) is 2. The fraction of sp³-hybridized carbons (Fsp3) is 0.316. The molecule has 0 aliphatic heterocycles. The van der Waals surface area contributed by atoms with Crippen molar-refractivity contribution < 1.29 is 14.3 Å². The third-order valence-corrected chi connectivity index (χ3v) is 3.70. The number of amides is 1. The Labute approximate surface area is 143 Å². The summed E-state index contributed by atoms with van der Waals surface area (Å²) in [6, 6.07) is 13.3. The van der Waals surface area contributed by atoms with Crippen LogP contribution >= 0.6 is 0 Å². The summed E-state index contributed by atoms with van der Waals surface area (Å²) in [7, 11) is 3.25. The molecule has 0 aliphatic rings. The molecule has 0 fully saturated rings. The van der Waals surface area contributed by atoms with Crippen LogP contribution in [0.3, 0.4) is 0 Å². The quantitative estimate of drug-likeness (QED) is 0.731. The second-order valence-electron chi connectivity index (χ2n) is 5.45. The Morgan fingerprint density at radius 3 is 2.42 bits per heavy atom. The van der Waals surface area contributed by atoms with Crippen LogP contribution in [0.25, 0.3) is 0 Å². The van der Waals surface area contributed by atoms with Crippen LogP contribution in [-0.2, 0) is 6.54 Å². The van der Waals surface area contributed by atoms with E-state index in [0.29, 0.717) is 30.9 Å². The van der Waals surface area contributed by atoms with Gasteiger partial charge in [-0.2, -0.15) is 0 Å². The lowest BCUT2D eigenvalue weighted by Crippen LogP contribution is -2.31. The Morgan fingerprint density at radius 1 is 1.00 bits per heavy atom. The molecular formula is C19H24N2O3. The van der Waals surface area contributed by atoms with Crippen LogP contribution in [0.1, 0.15) is 21.5 Å². The number of aryl methyl sites for hydroxylation is 1. The number of rotatable bonds is 8. The van der Waals surface area contributed by atoms with Crippen molar-refractivity contribution in [3.8, 4) is 11.5 Å². The average Bonchev–Trinajstić information content (AvgIpc) is 2.61. The molecule has 2 rings (SSSR count). The minimum Gasteiger partial charge on any atom is -0.493 e. The van der Waals surface area contributed by atoms with Gasteiger partial charge in [-0.3, -0.25) is 4.79 Å². The minimum atomic E-state index is -0.0595. The van der Waals surface area contributed by atoms with Gasteiger partial charge in [-0.25, -0.2) is 0 Å². The molecule has 2 aromatic rings. The Bertz CT molecular complexity index is 669. The Morgan fingerprint density at radius 2 is 1.75 bits per heavy atom. The molecule has 0 bridgehead atoms. The van der Waals surface area contributed by atoms with E-state index in [9.17, 15) is 4.79 Å². The first-order chi connectivity index (χ1) is 11.7. The number of carbonyl (C=O) groups is 1. The second kappa shape index (κ2) is 8.93. The van der Waals surface area contributed by atoms with Crippen molar-refractivity contribution in [2.75, 3.05) is 27.3 Å². The smallest absolute Gasteiger partial charge is 0.251 e. The van der Waals surface area contributed by atoms with E-state index in [-0.39, 0.29) is 5.91 Å². The number of benzene rings is 2. The van der Waals surface area contributed by atoms with Gasteiger partial charge in [0.1, 0.15) is 0 Å². The highest BCUT2D eigenvalue weighted by Gasteiger charge is 2.09. The first-order valence-corrected chi connectivity index (χ1v) is 7.91. The van der Waals surface area contributed by atoms with Crippen LogP contribution in [0.2, 0.25) is 0 Å². The molecule has 2 aromatic carbocycles. The molecule has 0 saturated heterocycles. The molecule has 128 valence electrons. The lowest BCUT2D eigenvalue weighted by Gasteiger charge is -2.13. The highest BCUT2D eigenvalue weighted by Crippen LogP contribution is 2.30. The van der Waals surface area contributed by atoms with Crippen LogP contribution in [0.15, 0.2) is 42.5 Å². The van der Waals surface area contributed by atoms with Crippen molar-refractivity contribution in [2.24, 2.45) is 0 Å². The van der Waals surface area contributed by atoms with E-state index in [1.807, 2.05) is 49.4 Å². The van der Waals surface area contributed by atoms with E-state index >= 15 is 0 Å². The lowest BCUT2D eigenvalue weighted by atomic mass is 10.1. The van der Waals surface area contributed by atoms with Gasteiger partial charge in [-0.1, -0.05) is 29.8 Å². The number of para-hydroxylation sites is 1. The van der Waals surface area contributed by atoms with Gasteiger partial charge in [0, 0.05) is 30.8 Å². The SMILES string of the molecule is COc1cccc(CNCCNC(=O)c2ccc(C)cc2)c1OC. The van der Waals surface area contributed by atoms with Gasteiger partial charge in [0.05, 0.1) is 14.2 Å². The van der Waals surface area contributed by atoms with Crippen molar-refractivity contribution in [1.29, 1.82) is 0 Å². The minimum absolute atomic E-state index is 0.0595. The third kappa shape index (κ3) is 4.73. The number of nitrogens with one attached hydrogen (secondary N) is 2. The van der Waals surface area contributed by atoms with Crippen molar-refractivity contribution in [3.63, 3.8) is 0 Å². The van der Waals surface area contributed by atoms with Crippen LogP contribution in [-0.4, -0.2) is 33.2 Å². The normalized spacial score (nSPS) is 10.3. The van der Waals surface area contributed by atoms with Gasteiger partial charge >= 0.3 is 0 Å². The monoisotopic (exact) mass is 328 g/mol. The number of methoxy groups -OCH3 is 2. The van der Waals surface area contributed by atoms with Gasteiger partial charge in [0.15, 0.2) is 11.5 Å². The zero-order valence-corrected chi connectivity index (χ0v) is 14.4. The van der Waals surface area contributed by atoms with Crippen molar-refractivity contribution in [3.05, 3.63) is 59.2 Å². The highest BCUT2D eigenvalue weighted by molar-refractivity contribution is 5.94. The van der Waals surface area contributed by atoms with E-state index < -0.39 is 0 Å². The molecule has 5 nitrogen and oxygen atoms in total. The molecule has 0 aliphatic carbocycles. The molecular weight excluding hydrogens is 304 g/mol. The molecule has 24 heavy (non-hydrogen) atoms. The molecule has 0 saturated carbocycles. The molecule has 0 spiro atoms. The van der Waals surface area contributed by atoms with Gasteiger partial charge in [0.2, 0.25) is 0 Å². The molecule has 2 N–H and O–H groups in total. The van der Waals surface area contributed by atoms with Crippen LogP contribution < -0.4 is 20.1 Å². The maximum absolute atomic E-state index is 12.0. The Hall–Kier alpha value is -2.53. The van der Waals surface area contributed by atoms with E-state index in [0.717, 1.165) is 16.9 Å². The van der Waals surface area contributed by atoms with Crippen molar-refractivity contribution >= 4 is 5.91 Å². The Balaban J connectivity index is 1.77. The average molecular weight is 328 g/mol. The fourth-order valence-corrected chi connectivity index (χ4v) is 2.39. The summed E-state index contributed by atoms with van der Waals surface area (Å²) in [5, 5.41) is 6.19. The van der Waals surface area contributed by atoms with E-state index in [1.165, 1.54) is 0 Å². The summed E-state index contributed by atoms with van der Waals surface area (Å²) in [6.07, 6.45) is 0. The molecule has 5 heteroatoms. The number of hydrogen-bond acceptors (Lipinski definition) is 4. The zero-order chi connectivity index (χ0) is 17.4. The third-order valence-electron chi connectivity index (χ3n) is 3.70. The van der Waals surface area contributed by atoms with E-state index in [2.05, 4.69) is 10.6 Å². The fourth-order valence-electron chi connectivity index (χ4n) is 2.39. The van der Waals surface area contributed by atoms with Crippen LogP contribution in [0.5, 0.6) is 11.5 Å². The van der Waals surface area contributed by atoms with Gasteiger partial charge < -0.3 is 20.1 Å².